The van der Waals surface area contributed by atoms with E-state index >= 15 is 0 Å². The summed E-state index contributed by atoms with van der Waals surface area (Å²) in [4.78, 5) is 16.4. The lowest BCUT2D eigenvalue weighted by molar-refractivity contribution is -0.133. The van der Waals surface area contributed by atoms with Gasteiger partial charge in [-0.2, -0.15) is 0 Å². The molecule has 5 nitrogen and oxygen atoms in total. The molecule has 2 fully saturated rings. The van der Waals surface area contributed by atoms with Gasteiger partial charge in [-0.05, 0) is 32.9 Å². The third-order valence-corrected chi connectivity index (χ3v) is 4.91. The second-order valence-electron chi connectivity index (χ2n) is 5.62. The molecule has 2 atom stereocenters. The van der Waals surface area contributed by atoms with Gasteiger partial charge in [0.1, 0.15) is 9.84 Å². The molecule has 0 aromatic carbocycles. The summed E-state index contributed by atoms with van der Waals surface area (Å²) in [6, 6.07) is 0.613. The minimum Gasteiger partial charge on any atom is -0.335 e. The van der Waals surface area contributed by atoms with E-state index in [1.807, 2.05) is 4.90 Å². The summed E-state index contributed by atoms with van der Waals surface area (Å²) < 4.78 is 22.3. The summed E-state index contributed by atoms with van der Waals surface area (Å²) in [6.07, 6.45) is 4.46. The minimum absolute atomic E-state index is 0.0169. The average molecular weight is 274 g/mol. The van der Waals surface area contributed by atoms with Crippen molar-refractivity contribution in [3.63, 3.8) is 0 Å². The highest BCUT2D eigenvalue weighted by Gasteiger charge is 2.39. The molecule has 2 saturated heterocycles. The fourth-order valence-corrected chi connectivity index (χ4v) is 3.60. The first-order chi connectivity index (χ1) is 8.37. The molecular formula is C12H22N2O3S. The zero-order valence-corrected chi connectivity index (χ0v) is 11.9. The maximum Gasteiger partial charge on any atom is 0.224 e. The number of carbonyl (C=O) groups excluding carboxylic acids is 1. The Kier molecular flexibility index (Phi) is 3.96. The molecule has 0 radical (unpaired) electrons. The molecule has 0 unspecified atom stereocenters. The molecule has 6 heteroatoms. The first kappa shape index (κ1) is 13.8. The number of rotatable bonds is 3. The average Bonchev–Trinajstić information content (AvgIpc) is 2.56. The quantitative estimate of drug-likeness (QED) is 0.733. The second-order valence-corrected chi connectivity index (χ2v) is 7.88. The van der Waals surface area contributed by atoms with Crippen LogP contribution in [0.4, 0.5) is 0 Å². The van der Waals surface area contributed by atoms with Crippen molar-refractivity contribution in [2.45, 2.75) is 37.8 Å². The molecule has 18 heavy (non-hydrogen) atoms. The number of likely N-dealkylation sites (tertiary alicyclic amines) is 1. The summed E-state index contributed by atoms with van der Waals surface area (Å²) in [5.74, 6) is -0.0133. The van der Waals surface area contributed by atoms with E-state index in [4.69, 9.17) is 0 Å². The van der Waals surface area contributed by atoms with Crippen LogP contribution < -0.4 is 0 Å². The van der Waals surface area contributed by atoms with E-state index in [-0.39, 0.29) is 24.1 Å². The zero-order valence-electron chi connectivity index (χ0n) is 11.1. The minimum atomic E-state index is -3.05. The summed E-state index contributed by atoms with van der Waals surface area (Å²) in [5, 5.41) is 0. The molecule has 2 aliphatic heterocycles. The fraction of sp³-hybridized carbons (Fsp3) is 0.917. The maximum absolute atomic E-state index is 12.2. The smallest absolute Gasteiger partial charge is 0.224 e. The Hall–Kier alpha value is -0.620. The molecule has 1 amide bonds. The molecule has 0 aliphatic carbocycles. The first-order valence-electron chi connectivity index (χ1n) is 6.54. The Morgan fingerprint density at radius 3 is 2.56 bits per heavy atom. The number of amides is 1. The van der Waals surface area contributed by atoms with Crippen molar-refractivity contribution in [2.24, 2.45) is 0 Å². The Morgan fingerprint density at radius 1 is 1.22 bits per heavy atom. The van der Waals surface area contributed by atoms with Gasteiger partial charge in [-0.3, -0.25) is 4.79 Å². The Labute approximate surface area is 109 Å². The highest BCUT2D eigenvalue weighted by molar-refractivity contribution is 7.90. The lowest BCUT2D eigenvalue weighted by atomic mass is 10.1. The molecule has 0 saturated carbocycles. The lowest BCUT2D eigenvalue weighted by Crippen LogP contribution is -2.43. The summed E-state index contributed by atoms with van der Waals surface area (Å²) in [6.45, 7) is 1.94. The fourth-order valence-electron chi connectivity index (χ4n) is 3.05. The SMILES string of the molecule is CN1CC[C@H]2CC[C@@H](C1)N2C(=O)CCS(C)(=O)=O. The van der Waals surface area contributed by atoms with Crippen LogP contribution in [0.2, 0.25) is 0 Å². The number of likely N-dealkylation sites (N-methyl/N-ethyl adjacent to an activating group) is 1. The molecule has 0 aromatic rings. The van der Waals surface area contributed by atoms with Crippen molar-refractivity contribution in [2.75, 3.05) is 32.1 Å². The molecule has 0 N–H and O–H groups in total. The van der Waals surface area contributed by atoms with Crippen LogP contribution in [0.1, 0.15) is 25.7 Å². The Bertz CT molecular complexity index is 421. The van der Waals surface area contributed by atoms with Crippen molar-refractivity contribution >= 4 is 15.7 Å². The van der Waals surface area contributed by atoms with E-state index in [1.165, 1.54) is 6.26 Å². The van der Waals surface area contributed by atoms with E-state index in [0.717, 1.165) is 32.4 Å². The number of nitrogens with zero attached hydrogens (tertiary/aromatic N) is 2. The third kappa shape index (κ3) is 3.23. The molecule has 2 aliphatic rings. The van der Waals surface area contributed by atoms with Crippen molar-refractivity contribution < 1.29 is 13.2 Å². The van der Waals surface area contributed by atoms with Gasteiger partial charge in [-0.25, -0.2) is 8.42 Å². The van der Waals surface area contributed by atoms with Gasteiger partial charge >= 0.3 is 0 Å². The van der Waals surface area contributed by atoms with Crippen molar-refractivity contribution in [1.29, 1.82) is 0 Å². The van der Waals surface area contributed by atoms with Gasteiger partial charge in [0.2, 0.25) is 5.91 Å². The van der Waals surface area contributed by atoms with Crippen LogP contribution >= 0.6 is 0 Å². The van der Waals surface area contributed by atoms with E-state index in [2.05, 4.69) is 11.9 Å². The summed E-state index contributed by atoms with van der Waals surface area (Å²) in [7, 11) is -0.967. The van der Waals surface area contributed by atoms with Gasteiger partial charge in [0.25, 0.3) is 0 Å². The van der Waals surface area contributed by atoms with Crippen molar-refractivity contribution in [1.82, 2.24) is 9.80 Å². The van der Waals surface area contributed by atoms with Crippen LogP contribution in [0.25, 0.3) is 0 Å². The van der Waals surface area contributed by atoms with Crippen molar-refractivity contribution in [3.8, 4) is 0 Å². The highest BCUT2D eigenvalue weighted by atomic mass is 32.2. The first-order valence-corrected chi connectivity index (χ1v) is 8.60. The number of carbonyl (C=O) groups is 1. The lowest BCUT2D eigenvalue weighted by Gasteiger charge is -2.28. The van der Waals surface area contributed by atoms with E-state index in [0.29, 0.717) is 6.04 Å². The van der Waals surface area contributed by atoms with Gasteiger partial charge < -0.3 is 9.80 Å². The molecule has 2 bridgehead atoms. The van der Waals surface area contributed by atoms with Crippen LogP contribution in [-0.2, 0) is 14.6 Å². The van der Waals surface area contributed by atoms with Gasteiger partial charge in [-0.15, -0.1) is 0 Å². The molecule has 2 rings (SSSR count). The number of hydrogen-bond acceptors (Lipinski definition) is 4. The van der Waals surface area contributed by atoms with Gasteiger partial charge in [0.05, 0.1) is 5.75 Å². The van der Waals surface area contributed by atoms with Gasteiger partial charge in [-0.1, -0.05) is 0 Å². The summed E-state index contributed by atoms with van der Waals surface area (Å²) >= 11 is 0. The largest absolute Gasteiger partial charge is 0.335 e. The highest BCUT2D eigenvalue weighted by Crippen LogP contribution is 2.30. The summed E-state index contributed by atoms with van der Waals surface area (Å²) in [5.41, 5.74) is 0. The predicted octanol–water partition coefficient (Wildman–Crippen LogP) is 0.116. The maximum atomic E-state index is 12.2. The van der Waals surface area contributed by atoms with Gasteiger partial charge in [0, 0.05) is 31.3 Å². The zero-order chi connectivity index (χ0) is 13.3. The monoisotopic (exact) mass is 274 g/mol. The third-order valence-electron chi connectivity index (χ3n) is 3.96. The second kappa shape index (κ2) is 5.17. The van der Waals surface area contributed by atoms with Crippen LogP contribution in [0.5, 0.6) is 0 Å². The topological polar surface area (TPSA) is 57.7 Å². The molecule has 104 valence electrons. The normalized spacial score (nSPS) is 29.3. The number of sulfone groups is 1. The van der Waals surface area contributed by atoms with Crippen LogP contribution in [0.3, 0.4) is 0 Å². The Balaban J connectivity index is 2.01. The molecule has 0 aromatic heterocycles. The van der Waals surface area contributed by atoms with E-state index in [9.17, 15) is 13.2 Å². The number of hydrogen-bond donors (Lipinski definition) is 0. The number of fused-ring (bicyclic) bond motifs is 2. The van der Waals surface area contributed by atoms with Gasteiger partial charge in [0.15, 0.2) is 0 Å². The molecule has 2 heterocycles. The van der Waals surface area contributed by atoms with E-state index in [1.54, 1.807) is 0 Å². The van der Waals surface area contributed by atoms with Crippen molar-refractivity contribution in [3.05, 3.63) is 0 Å². The van der Waals surface area contributed by atoms with Crippen LogP contribution in [0.15, 0.2) is 0 Å². The Morgan fingerprint density at radius 2 is 1.89 bits per heavy atom. The van der Waals surface area contributed by atoms with Crippen LogP contribution in [-0.4, -0.2) is 68.4 Å². The molecule has 0 spiro atoms. The van der Waals surface area contributed by atoms with Crippen LogP contribution in [0, 0.1) is 0 Å². The van der Waals surface area contributed by atoms with E-state index < -0.39 is 9.84 Å². The molecular weight excluding hydrogens is 252 g/mol. The predicted molar refractivity (Wildman–Crippen MR) is 70.1 cm³/mol. The standard InChI is InChI=1S/C12H22N2O3S/c1-13-7-5-10-3-4-11(9-13)14(10)12(15)6-8-18(2,16)17/h10-11H,3-9H2,1-2H3/t10-,11+/m1/s1.